The van der Waals surface area contributed by atoms with Gasteiger partial charge in [0, 0.05) is 16.6 Å². The van der Waals surface area contributed by atoms with E-state index in [0.29, 0.717) is 6.61 Å². The number of fused-ring (bicyclic) bond motifs is 3. The van der Waals surface area contributed by atoms with Crippen molar-refractivity contribution in [2.75, 3.05) is 13.2 Å². The van der Waals surface area contributed by atoms with Gasteiger partial charge in [-0.1, -0.05) is 42.8 Å². The predicted molar refractivity (Wildman–Crippen MR) is 111 cm³/mol. The first-order valence-electron chi connectivity index (χ1n) is 10.3. The number of aromatic amines is 1. The first-order chi connectivity index (χ1) is 13.7. The molecule has 2 heterocycles. The molecular formula is C24H26N2O2. The smallest absolute Gasteiger partial charge is 0.314 e. The minimum Gasteiger partial charge on any atom is -0.466 e. The molecule has 0 saturated heterocycles. The molecule has 1 aliphatic carbocycles. The lowest BCUT2D eigenvalue weighted by molar-refractivity contribution is -0.164. The molecule has 0 bridgehead atoms. The Morgan fingerprint density at radius 1 is 1.14 bits per heavy atom. The van der Waals surface area contributed by atoms with Gasteiger partial charge in [-0.3, -0.25) is 4.79 Å². The fraction of sp³-hybridized carbons (Fsp3) is 0.375. The lowest BCUT2D eigenvalue weighted by atomic mass is 9.62. The molecule has 2 aromatic carbocycles. The molecule has 2 N–H and O–H groups in total. The molecule has 1 atom stereocenters. The van der Waals surface area contributed by atoms with Gasteiger partial charge < -0.3 is 15.0 Å². The van der Waals surface area contributed by atoms with Crippen LogP contribution in [0.5, 0.6) is 0 Å². The zero-order chi connectivity index (χ0) is 19.1. The molecule has 4 nitrogen and oxygen atoms in total. The number of hydrogen-bond donors (Lipinski definition) is 2. The highest BCUT2D eigenvalue weighted by Crippen LogP contribution is 2.53. The van der Waals surface area contributed by atoms with E-state index < -0.39 is 5.41 Å². The third-order valence-corrected chi connectivity index (χ3v) is 6.54. The summed E-state index contributed by atoms with van der Waals surface area (Å²) in [6, 6.07) is 17.1. The largest absolute Gasteiger partial charge is 0.466 e. The number of esters is 1. The van der Waals surface area contributed by atoms with Gasteiger partial charge in [0.25, 0.3) is 0 Å². The molecule has 5 rings (SSSR count). The maximum absolute atomic E-state index is 12.8. The van der Waals surface area contributed by atoms with Gasteiger partial charge in [-0.2, -0.15) is 0 Å². The molecule has 1 aliphatic heterocycles. The molecule has 28 heavy (non-hydrogen) atoms. The molecule has 3 aromatic rings. The molecule has 4 heteroatoms. The summed E-state index contributed by atoms with van der Waals surface area (Å²) >= 11 is 0. The number of ether oxygens (including phenoxy) is 1. The third kappa shape index (κ3) is 2.59. The van der Waals surface area contributed by atoms with Crippen LogP contribution in [0.25, 0.3) is 22.0 Å². The van der Waals surface area contributed by atoms with Crippen LogP contribution in [0.1, 0.15) is 43.5 Å². The Hall–Kier alpha value is -2.59. The first-order valence-corrected chi connectivity index (χ1v) is 10.3. The Bertz CT molecular complexity index is 1020. The van der Waals surface area contributed by atoms with E-state index in [1.54, 1.807) is 0 Å². The number of H-pyrrole nitrogens is 1. The molecule has 1 saturated carbocycles. The third-order valence-electron chi connectivity index (χ3n) is 6.54. The second kappa shape index (κ2) is 6.78. The van der Waals surface area contributed by atoms with Crippen molar-refractivity contribution in [3.05, 3.63) is 59.8 Å². The van der Waals surface area contributed by atoms with Crippen LogP contribution in [0.2, 0.25) is 0 Å². The molecular weight excluding hydrogens is 348 g/mol. The minimum absolute atomic E-state index is 0.0108. The van der Waals surface area contributed by atoms with Crippen LogP contribution in [0, 0.1) is 5.41 Å². The SMILES string of the molecule is CCOC(=O)C1(C2NCCc3c2[nH]c2ccc(-c4ccccc4)cc32)CCC1. The maximum atomic E-state index is 12.8. The molecule has 2 aliphatic rings. The van der Waals surface area contributed by atoms with Crippen LogP contribution < -0.4 is 5.32 Å². The fourth-order valence-electron chi connectivity index (χ4n) is 4.95. The minimum atomic E-state index is -0.422. The Morgan fingerprint density at radius 3 is 2.68 bits per heavy atom. The number of nitrogens with one attached hydrogen (secondary N) is 2. The van der Waals surface area contributed by atoms with Crippen LogP contribution in [-0.4, -0.2) is 24.1 Å². The molecule has 0 spiro atoms. The van der Waals surface area contributed by atoms with Gasteiger partial charge in [-0.05, 0) is 61.6 Å². The normalized spacial score (nSPS) is 20.4. The summed E-state index contributed by atoms with van der Waals surface area (Å²) in [6.45, 7) is 3.21. The fourth-order valence-corrected chi connectivity index (χ4v) is 4.95. The van der Waals surface area contributed by atoms with Crippen molar-refractivity contribution in [1.29, 1.82) is 0 Å². The monoisotopic (exact) mass is 374 g/mol. The van der Waals surface area contributed by atoms with E-state index in [0.717, 1.165) is 37.7 Å². The summed E-state index contributed by atoms with van der Waals surface area (Å²) < 4.78 is 5.48. The van der Waals surface area contributed by atoms with Crippen LogP contribution in [0.15, 0.2) is 48.5 Å². The van der Waals surface area contributed by atoms with Gasteiger partial charge >= 0.3 is 5.97 Å². The maximum Gasteiger partial charge on any atom is 0.314 e. The summed E-state index contributed by atoms with van der Waals surface area (Å²) in [5.41, 5.74) is 5.72. The van der Waals surface area contributed by atoms with E-state index in [1.165, 1.54) is 27.8 Å². The van der Waals surface area contributed by atoms with Crippen molar-refractivity contribution < 1.29 is 9.53 Å². The van der Waals surface area contributed by atoms with E-state index >= 15 is 0 Å². The van der Waals surface area contributed by atoms with Crippen molar-refractivity contribution in [2.45, 2.75) is 38.6 Å². The lowest BCUT2D eigenvalue weighted by Crippen LogP contribution is -2.51. The molecule has 1 aromatic heterocycles. The number of carbonyl (C=O) groups is 1. The Kier molecular flexibility index (Phi) is 4.24. The Balaban J connectivity index is 1.59. The molecule has 0 amide bonds. The van der Waals surface area contributed by atoms with Crippen LogP contribution in [-0.2, 0) is 16.0 Å². The molecule has 1 fully saturated rings. The first kappa shape index (κ1) is 17.5. The summed E-state index contributed by atoms with van der Waals surface area (Å²) in [4.78, 5) is 16.5. The van der Waals surface area contributed by atoms with Gasteiger partial charge in [-0.15, -0.1) is 0 Å². The van der Waals surface area contributed by atoms with Gasteiger partial charge in [0.2, 0.25) is 0 Å². The average Bonchev–Trinajstić information content (AvgIpc) is 3.07. The van der Waals surface area contributed by atoms with Crippen molar-refractivity contribution >= 4 is 16.9 Å². The van der Waals surface area contributed by atoms with E-state index in [1.807, 2.05) is 13.0 Å². The zero-order valence-corrected chi connectivity index (χ0v) is 16.3. The summed E-state index contributed by atoms with van der Waals surface area (Å²) in [5, 5.41) is 4.91. The number of carbonyl (C=O) groups excluding carboxylic acids is 1. The number of hydrogen-bond acceptors (Lipinski definition) is 3. The van der Waals surface area contributed by atoms with E-state index in [-0.39, 0.29) is 12.0 Å². The lowest BCUT2D eigenvalue weighted by Gasteiger charge is -2.46. The molecule has 144 valence electrons. The highest BCUT2D eigenvalue weighted by atomic mass is 16.5. The van der Waals surface area contributed by atoms with Crippen LogP contribution >= 0.6 is 0 Å². The van der Waals surface area contributed by atoms with E-state index in [9.17, 15) is 4.79 Å². The number of benzene rings is 2. The zero-order valence-electron chi connectivity index (χ0n) is 16.3. The van der Waals surface area contributed by atoms with Gasteiger partial charge in [0.15, 0.2) is 0 Å². The number of rotatable bonds is 4. The van der Waals surface area contributed by atoms with E-state index in [2.05, 4.69) is 52.8 Å². The predicted octanol–water partition coefficient (Wildman–Crippen LogP) is 4.76. The molecule has 0 radical (unpaired) electrons. The van der Waals surface area contributed by atoms with Gasteiger partial charge in [0.05, 0.1) is 18.1 Å². The summed E-state index contributed by atoms with van der Waals surface area (Å²) in [7, 11) is 0. The van der Waals surface area contributed by atoms with Gasteiger partial charge in [-0.25, -0.2) is 0 Å². The van der Waals surface area contributed by atoms with Crippen molar-refractivity contribution in [1.82, 2.24) is 10.3 Å². The highest BCUT2D eigenvalue weighted by molar-refractivity contribution is 5.90. The molecule has 1 unspecified atom stereocenters. The second-order valence-corrected chi connectivity index (χ2v) is 8.01. The standard InChI is InChI=1S/C24H26N2O2/c1-2-28-23(27)24(12-6-13-24)22-21-18(11-14-25-22)19-15-17(9-10-20(19)26-21)16-7-4-3-5-8-16/h3-5,7-10,15,22,25-26H,2,6,11-14H2,1H3. The highest BCUT2D eigenvalue weighted by Gasteiger charge is 2.53. The summed E-state index contributed by atoms with van der Waals surface area (Å²) in [5.74, 6) is -0.0461. The Labute approximate surface area is 165 Å². The quantitative estimate of drug-likeness (QED) is 0.648. The summed E-state index contributed by atoms with van der Waals surface area (Å²) in [6.07, 6.45) is 3.86. The van der Waals surface area contributed by atoms with Crippen LogP contribution in [0.3, 0.4) is 0 Å². The van der Waals surface area contributed by atoms with Crippen LogP contribution in [0.4, 0.5) is 0 Å². The topological polar surface area (TPSA) is 54.1 Å². The van der Waals surface area contributed by atoms with Crippen molar-refractivity contribution in [3.8, 4) is 11.1 Å². The second-order valence-electron chi connectivity index (χ2n) is 8.01. The number of aromatic nitrogens is 1. The van der Waals surface area contributed by atoms with E-state index in [4.69, 9.17) is 4.74 Å². The Morgan fingerprint density at radius 2 is 1.96 bits per heavy atom. The average molecular weight is 374 g/mol. The van der Waals surface area contributed by atoms with Crippen molar-refractivity contribution in [3.63, 3.8) is 0 Å². The van der Waals surface area contributed by atoms with Gasteiger partial charge in [0.1, 0.15) is 0 Å². The van der Waals surface area contributed by atoms with Crippen molar-refractivity contribution in [2.24, 2.45) is 5.41 Å².